The SMILES string of the molecule is OC1[CH-]CC[CH-]/C=C\C1. The van der Waals surface area contributed by atoms with Gasteiger partial charge in [0.2, 0.25) is 0 Å². The topological polar surface area (TPSA) is 20.2 Å². The van der Waals surface area contributed by atoms with Crippen molar-refractivity contribution in [1.29, 1.82) is 0 Å². The first kappa shape index (κ1) is 6.69. The summed E-state index contributed by atoms with van der Waals surface area (Å²) in [6.45, 7) is 0. The summed E-state index contributed by atoms with van der Waals surface area (Å²) in [7, 11) is 0. The maximum absolute atomic E-state index is 9.09. The van der Waals surface area contributed by atoms with Gasteiger partial charge in [0.1, 0.15) is 0 Å². The van der Waals surface area contributed by atoms with Crippen LogP contribution in [0.15, 0.2) is 12.2 Å². The molecule has 0 bridgehead atoms. The van der Waals surface area contributed by atoms with E-state index in [0.29, 0.717) is 0 Å². The Bertz CT molecular complexity index is 96.7. The van der Waals surface area contributed by atoms with Crippen molar-refractivity contribution in [3.63, 3.8) is 0 Å². The summed E-state index contributed by atoms with van der Waals surface area (Å²) in [6.07, 6.45) is 10.7. The van der Waals surface area contributed by atoms with Crippen LogP contribution in [0.2, 0.25) is 0 Å². The van der Waals surface area contributed by atoms with Gasteiger partial charge in [0, 0.05) is 0 Å². The van der Waals surface area contributed by atoms with Crippen molar-refractivity contribution in [3.8, 4) is 0 Å². The Balaban J connectivity index is 2.28. The summed E-state index contributed by atoms with van der Waals surface area (Å²) in [4.78, 5) is 0. The van der Waals surface area contributed by atoms with E-state index in [1.165, 1.54) is 0 Å². The van der Waals surface area contributed by atoms with Crippen LogP contribution >= 0.6 is 0 Å². The van der Waals surface area contributed by atoms with Crippen molar-refractivity contribution >= 4 is 0 Å². The Morgan fingerprint density at radius 1 is 1.44 bits per heavy atom. The lowest BCUT2D eigenvalue weighted by atomic mass is 10.0. The summed E-state index contributed by atoms with van der Waals surface area (Å²) in [6, 6.07) is 0. The highest BCUT2D eigenvalue weighted by atomic mass is 16.3. The van der Waals surface area contributed by atoms with E-state index in [9.17, 15) is 0 Å². The predicted octanol–water partition coefficient (Wildman–Crippen LogP) is 1.50. The van der Waals surface area contributed by atoms with Crippen LogP contribution in [-0.2, 0) is 0 Å². The largest absolute Gasteiger partial charge is 0.426 e. The molecule has 1 aliphatic carbocycles. The molecule has 0 fully saturated rings. The lowest BCUT2D eigenvalue weighted by Crippen LogP contribution is -2.06. The molecule has 1 unspecified atom stereocenters. The predicted molar refractivity (Wildman–Crippen MR) is 37.6 cm³/mol. The van der Waals surface area contributed by atoms with Crippen LogP contribution in [0.4, 0.5) is 0 Å². The molecule has 1 nitrogen and oxygen atoms in total. The molecule has 0 aromatic rings. The lowest BCUT2D eigenvalue weighted by molar-refractivity contribution is 0.205. The molecule has 0 aromatic heterocycles. The smallest absolute Gasteiger partial charge is 0.0800 e. The van der Waals surface area contributed by atoms with Gasteiger partial charge in [-0.2, -0.15) is 6.42 Å². The minimum absolute atomic E-state index is 0.213. The fraction of sp³-hybridized carbons (Fsp3) is 0.500. The fourth-order valence-electron chi connectivity index (χ4n) is 0.892. The molecule has 1 rings (SSSR count). The van der Waals surface area contributed by atoms with Gasteiger partial charge >= 0.3 is 0 Å². The summed E-state index contributed by atoms with van der Waals surface area (Å²) in [5.74, 6) is 0. The maximum atomic E-state index is 9.09. The molecule has 1 N–H and O–H groups in total. The van der Waals surface area contributed by atoms with E-state index >= 15 is 0 Å². The Kier molecular flexibility index (Phi) is 2.65. The first-order valence-corrected chi connectivity index (χ1v) is 3.39. The molecule has 0 radical (unpaired) electrons. The third-order valence-electron chi connectivity index (χ3n) is 1.42. The standard InChI is InChI=1S/C8H12O/c9-8-6-4-2-1-3-5-7-8/h1-2,4,7-9H,3,5-6H2/q-2/b4-2-. The molecule has 0 amide bonds. The molecule has 0 aliphatic heterocycles. The molecule has 0 spiro atoms. The maximum Gasteiger partial charge on any atom is -0.0800 e. The van der Waals surface area contributed by atoms with Gasteiger partial charge in [-0.05, 0) is 0 Å². The summed E-state index contributed by atoms with van der Waals surface area (Å²) >= 11 is 0. The Hall–Kier alpha value is -0.430. The van der Waals surface area contributed by atoms with Crippen LogP contribution in [-0.4, -0.2) is 11.2 Å². The third-order valence-corrected chi connectivity index (χ3v) is 1.42. The van der Waals surface area contributed by atoms with Crippen molar-refractivity contribution in [1.82, 2.24) is 0 Å². The van der Waals surface area contributed by atoms with E-state index in [1.54, 1.807) is 0 Å². The summed E-state index contributed by atoms with van der Waals surface area (Å²) < 4.78 is 0. The number of hydrogen-bond acceptors (Lipinski definition) is 1. The second kappa shape index (κ2) is 3.57. The Morgan fingerprint density at radius 3 is 3.22 bits per heavy atom. The Morgan fingerprint density at radius 2 is 2.33 bits per heavy atom. The molecule has 0 saturated carbocycles. The number of aliphatic hydroxyl groups is 1. The molecule has 0 aromatic carbocycles. The van der Waals surface area contributed by atoms with Crippen LogP contribution in [0, 0.1) is 12.8 Å². The molecular formula is C8H12O-2. The number of aliphatic hydroxyl groups excluding tert-OH is 1. The van der Waals surface area contributed by atoms with Gasteiger partial charge in [0.15, 0.2) is 0 Å². The van der Waals surface area contributed by atoms with Gasteiger partial charge < -0.3 is 11.5 Å². The molecule has 0 heterocycles. The van der Waals surface area contributed by atoms with E-state index in [2.05, 4.69) is 6.42 Å². The van der Waals surface area contributed by atoms with Crippen LogP contribution in [0.3, 0.4) is 0 Å². The summed E-state index contributed by atoms with van der Waals surface area (Å²) in [5.41, 5.74) is 0. The minimum atomic E-state index is -0.213. The lowest BCUT2D eigenvalue weighted by Gasteiger charge is -2.23. The summed E-state index contributed by atoms with van der Waals surface area (Å²) in [5, 5.41) is 9.09. The van der Waals surface area contributed by atoms with Crippen LogP contribution in [0.5, 0.6) is 0 Å². The second-order valence-electron chi connectivity index (χ2n) is 2.28. The minimum Gasteiger partial charge on any atom is -0.426 e. The van der Waals surface area contributed by atoms with Crippen molar-refractivity contribution < 1.29 is 5.11 Å². The van der Waals surface area contributed by atoms with Gasteiger partial charge in [-0.1, -0.05) is 6.10 Å². The average molecular weight is 124 g/mol. The quantitative estimate of drug-likeness (QED) is 0.485. The molecule has 1 atom stereocenters. The van der Waals surface area contributed by atoms with Crippen molar-refractivity contribution in [2.24, 2.45) is 0 Å². The normalized spacial score (nSPS) is 31.9. The van der Waals surface area contributed by atoms with E-state index < -0.39 is 0 Å². The van der Waals surface area contributed by atoms with Crippen molar-refractivity contribution in [3.05, 3.63) is 25.0 Å². The number of allylic oxidation sites excluding steroid dienone is 1. The molecule has 52 valence electrons. The van der Waals surface area contributed by atoms with Crippen molar-refractivity contribution in [2.45, 2.75) is 25.4 Å². The number of rotatable bonds is 0. The monoisotopic (exact) mass is 124 g/mol. The van der Waals surface area contributed by atoms with Gasteiger partial charge in [-0.3, -0.25) is 0 Å². The Labute approximate surface area is 56.4 Å². The van der Waals surface area contributed by atoms with Gasteiger partial charge in [0.25, 0.3) is 0 Å². The zero-order chi connectivity index (χ0) is 6.53. The first-order chi connectivity index (χ1) is 4.39. The highest BCUT2D eigenvalue weighted by molar-refractivity contribution is 5.00. The van der Waals surface area contributed by atoms with E-state index in [0.717, 1.165) is 19.3 Å². The third kappa shape index (κ3) is 2.56. The van der Waals surface area contributed by atoms with E-state index in [1.807, 2.05) is 18.6 Å². The van der Waals surface area contributed by atoms with Gasteiger partial charge in [-0.25, -0.2) is 18.6 Å². The molecule has 1 aliphatic rings. The molecule has 9 heavy (non-hydrogen) atoms. The van der Waals surface area contributed by atoms with Crippen LogP contribution in [0.1, 0.15) is 19.3 Å². The van der Waals surface area contributed by atoms with Crippen molar-refractivity contribution in [2.75, 3.05) is 0 Å². The van der Waals surface area contributed by atoms with Crippen LogP contribution < -0.4 is 0 Å². The van der Waals surface area contributed by atoms with Gasteiger partial charge in [0.05, 0.1) is 0 Å². The molecule has 1 heteroatoms. The first-order valence-electron chi connectivity index (χ1n) is 3.39. The zero-order valence-corrected chi connectivity index (χ0v) is 5.46. The molecular weight excluding hydrogens is 112 g/mol. The average Bonchev–Trinajstić information content (AvgIpc) is 1.79. The van der Waals surface area contributed by atoms with Gasteiger partial charge in [-0.15, -0.1) is 12.8 Å². The zero-order valence-electron chi connectivity index (χ0n) is 5.46. The molecule has 0 saturated heterocycles. The van der Waals surface area contributed by atoms with Crippen LogP contribution in [0.25, 0.3) is 0 Å². The highest BCUT2D eigenvalue weighted by Crippen LogP contribution is 2.09. The van der Waals surface area contributed by atoms with E-state index in [4.69, 9.17) is 5.11 Å². The second-order valence-corrected chi connectivity index (χ2v) is 2.28. The highest BCUT2D eigenvalue weighted by Gasteiger charge is 1.87. The number of hydrogen-bond donors (Lipinski definition) is 1. The fourth-order valence-corrected chi connectivity index (χ4v) is 0.892. The van der Waals surface area contributed by atoms with E-state index in [-0.39, 0.29) is 6.10 Å².